The smallest absolute Gasteiger partial charge is 0.271 e. The average Bonchev–Trinajstić information content (AvgIpc) is 3.40. The molecule has 1 amide bonds. The van der Waals surface area contributed by atoms with Gasteiger partial charge in [0.2, 0.25) is 0 Å². The second kappa shape index (κ2) is 5.97. The van der Waals surface area contributed by atoms with E-state index < -0.39 is 0 Å². The third kappa shape index (κ3) is 2.53. The van der Waals surface area contributed by atoms with E-state index in [0.29, 0.717) is 31.1 Å². The zero-order chi connectivity index (χ0) is 18.5. The first-order chi connectivity index (χ1) is 13.1. The lowest BCUT2D eigenvalue weighted by molar-refractivity contribution is 0.0787. The number of nitrogens with one attached hydrogen (secondary N) is 3. The fourth-order valence-electron chi connectivity index (χ4n) is 3.99. The molecule has 3 aliphatic rings. The number of hydrogen-bond donors (Lipinski definition) is 3. The number of likely N-dealkylation sites (tertiary alicyclic amines) is 1. The van der Waals surface area contributed by atoms with Gasteiger partial charge in [0, 0.05) is 38.8 Å². The van der Waals surface area contributed by atoms with Crippen LogP contribution < -0.4 is 20.5 Å². The number of fused-ring (bicyclic) bond motifs is 2. The molecule has 3 N–H and O–H groups in total. The summed E-state index contributed by atoms with van der Waals surface area (Å²) < 4.78 is 7.25. The van der Waals surface area contributed by atoms with Crippen LogP contribution in [0.4, 0.5) is 5.82 Å². The van der Waals surface area contributed by atoms with Gasteiger partial charge in [-0.3, -0.25) is 19.4 Å². The van der Waals surface area contributed by atoms with Crippen LogP contribution in [-0.2, 0) is 13.6 Å². The predicted molar refractivity (Wildman–Crippen MR) is 99.6 cm³/mol. The summed E-state index contributed by atoms with van der Waals surface area (Å²) in [6.45, 7) is 3.26. The van der Waals surface area contributed by atoms with Crippen molar-refractivity contribution >= 4 is 17.8 Å². The Morgan fingerprint density at radius 3 is 2.85 bits per heavy atom. The average molecular weight is 370 g/mol. The molecule has 0 unspecified atom stereocenters. The van der Waals surface area contributed by atoms with Crippen LogP contribution in [0.5, 0.6) is 5.75 Å². The van der Waals surface area contributed by atoms with Crippen LogP contribution in [0.2, 0.25) is 0 Å². The molecule has 0 saturated carbocycles. The number of ether oxygens (including phenoxy) is 1. The molecule has 3 aliphatic heterocycles. The maximum Gasteiger partial charge on any atom is 0.271 e. The minimum atomic E-state index is -0.0196. The molecular weight excluding hydrogens is 348 g/mol. The molecule has 1 saturated heterocycles. The highest BCUT2D eigenvalue weighted by molar-refractivity contribution is 5.94. The topological polar surface area (TPSA) is 98.4 Å². The first-order valence-electron chi connectivity index (χ1n) is 9.28. The molecule has 5 heterocycles. The maximum atomic E-state index is 12.7. The Bertz CT molecular complexity index is 991. The first-order valence-corrected chi connectivity index (χ1v) is 9.28. The monoisotopic (exact) mass is 370 g/mol. The molecule has 0 aliphatic carbocycles. The quantitative estimate of drug-likeness (QED) is 0.718. The van der Waals surface area contributed by atoms with E-state index in [1.165, 1.54) is 4.68 Å². The Balaban J connectivity index is 1.48. The lowest BCUT2D eigenvalue weighted by Crippen LogP contribution is -2.39. The van der Waals surface area contributed by atoms with Crippen LogP contribution in [0.15, 0.2) is 16.7 Å². The zero-order valence-electron chi connectivity index (χ0n) is 15.2. The molecule has 5 rings (SSSR count). The number of aromatic amines is 2. The highest BCUT2D eigenvalue weighted by Gasteiger charge is 2.29. The van der Waals surface area contributed by atoms with Gasteiger partial charge in [-0.15, -0.1) is 0 Å². The van der Waals surface area contributed by atoms with Gasteiger partial charge in [0.15, 0.2) is 11.6 Å². The van der Waals surface area contributed by atoms with Crippen LogP contribution in [0.25, 0.3) is 6.08 Å². The Kier molecular flexibility index (Phi) is 3.56. The number of aromatic nitrogens is 3. The van der Waals surface area contributed by atoms with E-state index in [2.05, 4.69) is 20.3 Å². The standard InChI is InChI=1S/C18H22N6O3/c1-22-17(25)11-10-19-15(9-12(11)21-22)24-6-7-27-14-8-13(20-16(14)24)18(26)23-4-2-3-5-23/h8-9,19-21H,2-7,10H2,1H3. The molecule has 27 heavy (non-hydrogen) atoms. The third-order valence-corrected chi connectivity index (χ3v) is 5.42. The SMILES string of the molecule is Cn1[nH]c2c(c1=O)CNC(N1CCOc3cc(C(=O)N4CCCC4)[nH]c31)=C2. The fraction of sp³-hybridized carbons (Fsp3) is 0.444. The number of carbonyl (C=O) groups excluding carboxylic acids is 1. The van der Waals surface area contributed by atoms with Gasteiger partial charge < -0.3 is 24.8 Å². The summed E-state index contributed by atoms with van der Waals surface area (Å²) in [6, 6.07) is 1.79. The van der Waals surface area contributed by atoms with Crippen molar-refractivity contribution in [2.45, 2.75) is 19.4 Å². The number of nitrogens with zero attached hydrogens (tertiary/aromatic N) is 3. The minimum Gasteiger partial charge on any atom is -0.488 e. The first kappa shape index (κ1) is 16.1. The number of anilines is 1. The Labute approximate surface area is 155 Å². The number of aryl methyl sites for hydroxylation is 1. The Morgan fingerprint density at radius 2 is 2.04 bits per heavy atom. The normalized spacial score (nSPS) is 18.5. The van der Waals surface area contributed by atoms with Crippen LogP contribution in [0.1, 0.15) is 34.6 Å². The van der Waals surface area contributed by atoms with Crippen molar-refractivity contribution in [2.24, 2.45) is 7.05 Å². The van der Waals surface area contributed by atoms with Crippen LogP contribution in [0, 0.1) is 0 Å². The Hall–Kier alpha value is -3.10. The molecule has 0 radical (unpaired) electrons. The van der Waals surface area contributed by atoms with Gasteiger partial charge in [0.25, 0.3) is 11.5 Å². The number of H-pyrrole nitrogens is 2. The molecule has 142 valence electrons. The van der Waals surface area contributed by atoms with Crippen molar-refractivity contribution in [1.29, 1.82) is 0 Å². The van der Waals surface area contributed by atoms with Gasteiger partial charge in [-0.05, 0) is 12.8 Å². The molecule has 0 aromatic carbocycles. The van der Waals surface area contributed by atoms with Crippen molar-refractivity contribution in [2.75, 3.05) is 31.1 Å². The summed E-state index contributed by atoms with van der Waals surface area (Å²) in [5.41, 5.74) is 2.07. The fourth-order valence-corrected chi connectivity index (χ4v) is 3.99. The van der Waals surface area contributed by atoms with Crippen molar-refractivity contribution in [3.63, 3.8) is 0 Å². The van der Waals surface area contributed by atoms with Gasteiger partial charge in [-0.1, -0.05) is 0 Å². The van der Waals surface area contributed by atoms with E-state index in [4.69, 9.17) is 4.74 Å². The number of hydrogen-bond acceptors (Lipinski definition) is 5. The lowest BCUT2D eigenvalue weighted by Gasteiger charge is -2.32. The summed E-state index contributed by atoms with van der Waals surface area (Å²) in [6.07, 6.45) is 4.05. The largest absolute Gasteiger partial charge is 0.488 e. The van der Waals surface area contributed by atoms with E-state index in [0.717, 1.165) is 48.8 Å². The molecule has 0 bridgehead atoms. The maximum absolute atomic E-state index is 12.7. The van der Waals surface area contributed by atoms with Gasteiger partial charge in [0.05, 0.1) is 17.8 Å². The van der Waals surface area contributed by atoms with Crippen molar-refractivity contribution < 1.29 is 9.53 Å². The van der Waals surface area contributed by atoms with E-state index in [1.54, 1.807) is 13.1 Å². The molecule has 0 atom stereocenters. The van der Waals surface area contributed by atoms with Crippen molar-refractivity contribution in [3.8, 4) is 5.75 Å². The highest BCUT2D eigenvalue weighted by Crippen LogP contribution is 2.35. The molecule has 9 heteroatoms. The summed E-state index contributed by atoms with van der Waals surface area (Å²) in [4.78, 5) is 32.0. The highest BCUT2D eigenvalue weighted by atomic mass is 16.5. The van der Waals surface area contributed by atoms with Crippen LogP contribution in [-0.4, -0.2) is 51.8 Å². The summed E-state index contributed by atoms with van der Waals surface area (Å²) >= 11 is 0. The summed E-state index contributed by atoms with van der Waals surface area (Å²) in [7, 11) is 1.71. The zero-order valence-corrected chi connectivity index (χ0v) is 15.2. The van der Waals surface area contributed by atoms with Crippen LogP contribution in [0.3, 0.4) is 0 Å². The van der Waals surface area contributed by atoms with Gasteiger partial charge in [-0.25, -0.2) is 0 Å². The van der Waals surface area contributed by atoms with E-state index in [9.17, 15) is 9.59 Å². The Morgan fingerprint density at radius 1 is 1.22 bits per heavy atom. The van der Waals surface area contributed by atoms with Gasteiger partial charge in [-0.2, -0.15) is 0 Å². The molecular formula is C18H22N6O3. The number of carbonyl (C=O) groups is 1. The second-order valence-electron chi connectivity index (χ2n) is 7.15. The molecule has 1 fully saturated rings. The van der Waals surface area contributed by atoms with Gasteiger partial charge in [0.1, 0.15) is 18.1 Å². The van der Waals surface area contributed by atoms with E-state index in [1.807, 2.05) is 11.0 Å². The lowest BCUT2D eigenvalue weighted by atomic mass is 10.2. The minimum absolute atomic E-state index is 0.0192. The number of amides is 1. The summed E-state index contributed by atoms with van der Waals surface area (Å²) in [5, 5.41) is 6.39. The summed E-state index contributed by atoms with van der Waals surface area (Å²) in [5.74, 6) is 2.34. The molecule has 2 aromatic rings. The predicted octanol–water partition coefficient (Wildman–Crippen LogP) is 0.578. The second-order valence-corrected chi connectivity index (χ2v) is 7.15. The van der Waals surface area contributed by atoms with Crippen molar-refractivity contribution in [3.05, 3.63) is 39.2 Å². The number of rotatable bonds is 2. The van der Waals surface area contributed by atoms with Gasteiger partial charge >= 0.3 is 0 Å². The molecule has 0 spiro atoms. The van der Waals surface area contributed by atoms with Crippen molar-refractivity contribution in [1.82, 2.24) is 25.0 Å². The van der Waals surface area contributed by atoms with Crippen LogP contribution >= 0.6 is 0 Å². The van der Waals surface area contributed by atoms with E-state index in [-0.39, 0.29) is 11.5 Å². The molecule has 2 aromatic heterocycles. The third-order valence-electron chi connectivity index (χ3n) is 5.42. The van der Waals surface area contributed by atoms with E-state index >= 15 is 0 Å². The molecule has 9 nitrogen and oxygen atoms in total.